The zero-order valence-electron chi connectivity index (χ0n) is 14.0. The van der Waals surface area contributed by atoms with E-state index in [-0.39, 0.29) is 18.1 Å². The lowest BCUT2D eigenvalue weighted by Gasteiger charge is -2.32. The first-order chi connectivity index (χ1) is 11.6. The third-order valence-electron chi connectivity index (χ3n) is 4.03. The molecule has 2 heterocycles. The molecule has 1 aliphatic rings. The van der Waals surface area contributed by atoms with Gasteiger partial charge in [0.25, 0.3) is 5.91 Å². The minimum atomic E-state index is -0.142. The van der Waals surface area contributed by atoms with Crippen LogP contribution in [0.15, 0.2) is 30.3 Å². The second-order valence-electron chi connectivity index (χ2n) is 5.93. The maximum absolute atomic E-state index is 12.5. The fraction of sp³-hybridized carbons (Fsp3) is 0.444. The van der Waals surface area contributed by atoms with Crippen LogP contribution in [0.5, 0.6) is 0 Å². The molecule has 1 aromatic carbocycles. The summed E-state index contributed by atoms with van der Waals surface area (Å²) < 4.78 is 11.6. The first-order valence-electron chi connectivity index (χ1n) is 8.11. The summed E-state index contributed by atoms with van der Waals surface area (Å²) in [4.78, 5) is 17.5. The summed E-state index contributed by atoms with van der Waals surface area (Å²) in [6, 6.07) is 9.91. The minimum absolute atomic E-state index is 0.0442. The van der Waals surface area contributed by atoms with Crippen molar-refractivity contribution in [3.05, 3.63) is 51.5 Å². The van der Waals surface area contributed by atoms with Crippen molar-refractivity contribution in [2.45, 2.75) is 39.0 Å². The summed E-state index contributed by atoms with van der Waals surface area (Å²) in [5.41, 5.74) is 1.90. The average molecular weight is 346 g/mol. The summed E-state index contributed by atoms with van der Waals surface area (Å²) in [7, 11) is 0. The Morgan fingerprint density at radius 1 is 1.38 bits per heavy atom. The summed E-state index contributed by atoms with van der Waals surface area (Å²) >= 11 is 1.42. The van der Waals surface area contributed by atoms with Crippen LogP contribution < -0.4 is 5.32 Å². The number of aryl methyl sites for hydroxylation is 2. The molecule has 1 aromatic heterocycles. The Bertz CT molecular complexity index is 687. The van der Waals surface area contributed by atoms with E-state index >= 15 is 0 Å². The molecule has 0 saturated carbocycles. The zero-order chi connectivity index (χ0) is 16.9. The highest BCUT2D eigenvalue weighted by molar-refractivity contribution is 7.13. The second kappa shape index (κ2) is 7.88. The van der Waals surface area contributed by atoms with Gasteiger partial charge in [-0.1, -0.05) is 30.3 Å². The quantitative estimate of drug-likeness (QED) is 0.904. The normalized spacial score (nSPS) is 20.8. The standard InChI is InChI=1S/C18H22N2O3S/c1-12-17(24-13(2)19-12)18(21)20-15-11-22-9-8-16(15)23-10-14-6-4-3-5-7-14/h3-7,15-16H,8-11H2,1-2H3,(H,20,21)/t15-,16+/m1/s1. The Balaban J connectivity index is 1.61. The van der Waals surface area contributed by atoms with Crippen LogP contribution in [0.4, 0.5) is 0 Å². The van der Waals surface area contributed by atoms with Gasteiger partial charge in [-0.2, -0.15) is 0 Å². The van der Waals surface area contributed by atoms with Crippen LogP contribution in [0.2, 0.25) is 0 Å². The van der Waals surface area contributed by atoms with Gasteiger partial charge in [-0.3, -0.25) is 4.79 Å². The number of rotatable bonds is 5. The lowest BCUT2D eigenvalue weighted by atomic mass is 10.1. The molecule has 1 aliphatic heterocycles. The van der Waals surface area contributed by atoms with Crippen LogP contribution in [-0.2, 0) is 16.1 Å². The highest BCUT2D eigenvalue weighted by Gasteiger charge is 2.29. The molecule has 0 aliphatic carbocycles. The predicted octanol–water partition coefficient (Wildman–Crippen LogP) is 2.86. The number of amides is 1. The van der Waals surface area contributed by atoms with Crippen LogP contribution in [0.3, 0.4) is 0 Å². The SMILES string of the molecule is Cc1nc(C)c(C(=O)N[C@@H]2COCC[C@@H]2OCc2ccccc2)s1. The van der Waals surface area contributed by atoms with Crippen molar-refractivity contribution in [1.29, 1.82) is 0 Å². The van der Waals surface area contributed by atoms with E-state index < -0.39 is 0 Å². The third kappa shape index (κ3) is 4.20. The van der Waals surface area contributed by atoms with Gasteiger partial charge in [-0.05, 0) is 25.8 Å². The number of nitrogens with zero attached hydrogens (tertiary/aromatic N) is 1. The molecule has 3 rings (SSSR count). The predicted molar refractivity (Wildman–Crippen MR) is 93.3 cm³/mol. The fourth-order valence-corrected chi connectivity index (χ4v) is 3.63. The number of nitrogens with one attached hydrogen (secondary N) is 1. The highest BCUT2D eigenvalue weighted by atomic mass is 32.1. The molecule has 0 spiro atoms. The van der Waals surface area contributed by atoms with E-state index in [1.54, 1.807) is 0 Å². The first kappa shape index (κ1) is 17.1. The molecule has 6 heteroatoms. The molecule has 0 unspecified atom stereocenters. The Kier molecular flexibility index (Phi) is 5.60. The summed E-state index contributed by atoms with van der Waals surface area (Å²) in [6.45, 7) is 5.44. The van der Waals surface area contributed by atoms with E-state index in [4.69, 9.17) is 9.47 Å². The van der Waals surface area contributed by atoms with E-state index in [1.165, 1.54) is 11.3 Å². The van der Waals surface area contributed by atoms with Gasteiger partial charge in [0.15, 0.2) is 0 Å². The van der Waals surface area contributed by atoms with Gasteiger partial charge in [0, 0.05) is 6.61 Å². The van der Waals surface area contributed by atoms with Crippen molar-refractivity contribution in [3.63, 3.8) is 0 Å². The maximum atomic E-state index is 12.5. The van der Waals surface area contributed by atoms with Crippen LogP contribution in [0, 0.1) is 13.8 Å². The molecule has 1 N–H and O–H groups in total. The molecule has 5 nitrogen and oxygen atoms in total. The first-order valence-corrected chi connectivity index (χ1v) is 8.93. The minimum Gasteiger partial charge on any atom is -0.379 e. The van der Waals surface area contributed by atoms with Gasteiger partial charge >= 0.3 is 0 Å². The number of thiazole rings is 1. The van der Waals surface area contributed by atoms with Crippen LogP contribution in [0.1, 0.15) is 32.4 Å². The summed E-state index contributed by atoms with van der Waals surface area (Å²) in [5, 5.41) is 3.95. The third-order valence-corrected chi connectivity index (χ3v) is 5.10. The smallest absolute Gasteiger partial charge is 0.263 e. The Labute approximate surface area is 146 Å². The largest absolute Gasteiger partial charge is 0.379 e. The van der Waals surface area contributed by atoms with Crippen molar-refractivity contribution >= 4 is 17.2 Å². The Morgan fingerprint density at radius 3 is 2.88 bits per heavy atom. The van der Waals surface area contributed by atoms with Crippen LogP contribution >= 0.6 is 11.3 Å². The molecule has 128 valence electrons. The van der Waals surface area contributed by atoms with Gasteiger partial charge in [-0.25, -0.2) is 4.98 Å². The number of ether oxygens (including phenoxy) is 2. The molecule has 1 amide bonds. The van der Waals surface area contributed by atoms with Gasteiger partial charge < -0.3 is 14.8 Å². The molecule has 2 aromatic rings. The zero-order valence-corrected chi connectivity index (χ0v) is 14.8. The van der Waals surface area contributed by atoms with Crippen molar-refractivity contribution in [1.82, 2.24) is 10.3 Å². The second-order valence-corrected chi connectivity index (χ2v) is 7.13. The van der Waals surface area contributed by atoms with E-state index in [1.807, 2.05) is 44.2 Å². The number of benzene rings is 1. The van der Waals surface area contributed by atoms with Crippen LogP contribution in [0.25, 0.3) is 0 Å². The molecule has 2 atom stereocenters. The Hall–Kier alpha value is -1.76. The Morgan fingerprint density at radius 2 is 2.17 bits per heavy atom. The lowest BCUT2D eigenvalue weighted by molar-refractivity contribution is -0.0605. The van der Waals surface area contributed by atoms with E-state index in [2.05, 4.69) is 10.3 Å². The summed E-state index contributed by atoms with van der Waals surface area (Å²) in [5.74, 6) is -0.0955. The number of carbonyl (C=O) groups excluding carboxylic acids is 1. The van der Waals surface area contributed by atoms with E-state index in [0.29, 0.717) is 24.7 Å². The van der Waals surface area contributed by atoms with Crippen molar-refractivity contribution in [2.75, 3.05) is 13.2 Å². The van der Waals surface area contributed by atoms with E-state index in [9.17, 15) is 4.79 Å². The molecule has 1 fully saturated rings. The molecule has 0 bridgehead atoms. The topological polar surface area (TPSA) is 60.5 Å². The van der Waals surface area contributed by atoms with Crippen molar-refractivity contribution in [3.8, 4) is 0 Å². The molecule has 24 heavy (non-hydrogen) atoms. The number of hydrogen-bond donors (Lipinski definition) is 1. The van der Waals surface area contributed by atoms with Gasteiger partial charge in [-0.15, -0.1) is 11.3 Å². The van der Waals surface area contributed by atoms with Crippen molar-refractivity contribution < 1.29 is 14.3 Å². The van der Waals surface area contributed by atoms with Gasteiger partial charge in [0.05, 0.1) is 36.1 Å². The fourth-order valence-electron chi connectivity index (χ4n) is 2.81. The van der Waals surface area contributed by atoms with Crippen molar-refractivity contribution in [2.24, 2.45) is 0 Å². The highest BCUT2D eigenvalue weighted by Crippen LogP contribution is 2.19. The monoisotopic (exact) mass is 346 g/mol. The molecule has 1 saturated heterocycles. The number of hydrogen-bond acceptors (Lipinski definition) is 5. The molecular weight excluding hydrogens is 324 g/mol. The lowest BCUT2D eigenvalue weighted by Crippen LogP contribution is -2.50. The molecule has 0 radical (unpaired) electrons. The number of aromatic nitrogens is 1. The molecular formula is C18H22N2O3S. The van der Waals surface area contributed by atoms with Crippen LogP contribution in [-0.4, -0.2) is 36.3 Å². The average Bonchev–Trinajstić information content (AvgIpc) is 2.93. The van der Waals surface area contributed by atoms with E-state index in [0.717, 1.165) is 22.7 Å². The van der Waals surface area contributed by atoms with Gasteiger partial charge in [0.1, 0.15) is 4.88 Å². The summed E-state index contributed by atoms with van der Waals surface area (Å²) in [6.07, 6.45) is 0.732. The maximum Gasteiger partial charge on any atom is 0.263 e. The number of carbonyl (C=O) groups is 1. The van der Waals surface area contributed by atoms with Gasteiger partial charge in [0.2, 0.25) is 0 Å².